The zero-order valence-corrected chi connectivity index (χ0v) is 11.1. The van der Waals surface area contributed by atoms with Crippen molar-refractivity contribution in [2.75, 3.05) is 5.88 Å². The summed E-state index contributed by atoms with van der Waals surface area (Å²) in [6, 6.07) is 0. The van der Waals surface area contributed by atoms with Crippen molar-refractivity contribution in [3.63, 3.8) is 0 Å². The topological polar surface area (TPSA) is 0 Å². The molecule has 0 heterocycles. The lowest BCUT2D eigenvalue weighted by atomic mass is 10.1. The van der Waals surface area contributed by atoms with Crippen molar-refractivity contribution in [3.8, 4) is 0 Å². The van der Waals surface area contributed by atoms with Crippen molar-refractivity contribution >= 4 is 39.1 Å². The molecule has 0 aliphatic rings. The van der Waals surface area contributed by atoms with Gasteiger partial charge in [0.15, 0.2) is 0 Å². The van der Waals surface area contributed by atoms with Crippen molar-refractivity contribution in [3.05, 3.63) is 23.8 Å². The van der Waals surface area contributed by atoms with Crippen LogP contribution < -0.4 is 0 Å². The first-order chi connectivity index (χ1) is 5.99. The van der Waals surface area contributed by atoms with Gasteiger partial charge in [0.2, 0.25) is 0 Å². The maximum absolute atomic E-state index is 6.07. The lowest BCUT2D eigenvalue weighted by Crippen LogP contribution is -2.10. The maximum atomic E-state index is 6.07. The van der Waals surface area contributed by atoms with Crippen molar-refractivity contribution in [2.45, 2.75) is 30.5 Å². The summed E-state index contributed by atoms with van der Waals surface area (Å²) in [4.78, 5) is 0.297. The van der Waals surface area contributed by atoms with Gasteiger partial charge in [0, 0.05) is 10.7 Å². The van der Waals surface area contributed by atoms with Gasteiger partial charge >= 0.3 is 0 Å². The van der Waals surface area contributed by atoms with Crippen LogP contribution in [0.3, 0.4) is 0 Å². The minimum absolute atomic E-state index is 0.0306. The first kappa shape index (κ1) is 13.5. The van der Waals surface area contributed by atoms with Crippen LogP contribution in [0.2, 0.25) is 0 Å². The molecule has 0 bridgehead atoms. The molecule has 0 spiro atoms. The van der Waals surface area contributed by atoms with E-state index in [-0.39, 0.29) is 5.38 Å². The minimum Gasteiger partial charge on any atom is -0.122 e. The highest BCUT2D eigenvalue weighted by Gasteiger charge is 2.13. The summed E-state index contributed by atoms with van der Waals surface area (Å²) in [7, 11) is 0. The van der Waals surface area contributed by atoms with Crippen molar-refractivity contribution < 1.29 is 0 Å². The predicted octanol–water partition coefficient (Wildman–Crippen LogP) is 4.51. The van der Waals surface area contributed by atoms with Gasteiger partial charge in [-0.1, -0.05) is 39.7 Å². The van der Waals surface area contributed by atoms with E-state index in [0.29, 0.717) is 10.7 Å². The second kappa shape index (κ2) is 6.92. The Labute approximate surface area is 99.1 Å². The molecule has 3 heteroatoms. The van der Waals surface area contributed by atoms with Gasteiger partial charge in [-0.2, -0.15) is 0 Å². The Morgan fingerprint density at radius 2 is 2.08 bits per heavy atom. The number of alkyl halides is 3. The Balaban J connectivity index is 4.06. The molecule has 0 radical (unpaired) electrons. The number of hydrogen-bond donors (Lipinski definition) is 0. The van der Waals surface area contributed by atoms with E-state index < -0.39 is 0 Å². The van der Waals surface area contributed by atoms with E-state index >= 15 is 0 Å². The van der Waals surface area contributed by atoms with Gasteiger partial charge in [-0.05, 0) is 20.3 Å². The molecular weight excluding hydrogens is 271 g/mol. The molecule has 13 heavy (non-hydrogen) atoms. The van der Waals surface area contributed by atoms with E-state index in [2.05, 4.69) is 22.5 Å². The van der Waals surface area contributed by atoms with Gasteiger partial charge in [-0.15, -0.1) is 23.2 Å². The standard InChI is InChI=1S/C10H15BrCl2/c1-7(2)10(13)6-9(11)8(3)4-5-12/h4,9-10H,1,5-6H2,2-3H3. The molecule has 0 rings (SSSR count). The van der Waals surface area contributed by atoms with E-state index in [0.717, 1.165) is 12.0 Å². The van der Waals surface area contributed by atoms with Crippen LogP contribution in [0.15, 0.2) is 23.8 Å². The second-order valence-corrected chi connectivity index (χ2v) is 5.06. The smallest absolute Gasteiger partial charge is 0.0553 e. The summed E-state index contributed by atoms with van der Waals surface area (Å²) >= 11 is 15.2. The van der Waals surface area contributed by atoms with Gasteiger partial charge in [0.25, 0.3) is 0 Å². The number of halogens is 3. The van der Waals surface area contributed by atoms with Crippen molar-refractivity contribution in [1.29, 1.82) is 0 Å². The maximum Gasteiger partial charge on any atom is 0.0553 e. The quantitative estimate of drug-likeness (QED) is 0.515. The predicted molar refractivity (Wildman–Crippen MR) is 66.3 cm³/mol. The molecule has 0 aromatic rings. The van der Waals surface area contributed by atoms with Crippen molar-refractivity contribution in [2.24, 2.45) is 0 Å². The van der Waals surface area contributed by atoms with E-state index in [9.17, 15) is 0 Å². The Morgan fingerprint density at radius 3 is 2.46 bits per heavy atom. The van der Waals surface area contributed by atoms with E-state index in [1.165, 1.54) is 5.57 Å². The molecule has 0 amide bonds. The highest BCUT2D eigenvalue weighted by molar-refractivity contribution is 9.09. The molecule has 0 N–H and O–H groups in total. The van der Waals surface area contributed by atoms with Gasteiger partial charge < -0.3 is 0 Å². The summed E-state index contributed by atoms with van der Waals surface area (Å²) in [5.41, 5.74) is 2.23. The fourth-order valence-corrected chi connectivity index (χ4v) is 2.02. The van der Waals surface area contributed by atoms with Crippen LogP contribution in [-0.4, -0.2) is 16.1 Å². The monoisotopic (exact) mass is 284 g/mol. The van der Waals surface area contributed by atoms with Crippen LogP contribution in [0.4, 0.5) is 0 Å². The third-order valence-electron chi connectivity index (χ3n) is 1.84. The molecule has 0 saturated carbocycles. The lowest BCUT2D eigenvalue weighted by molar-refractivity contribution is 0.835. The highest BCUT2D eigenvalue weighted by Crippen LogP contribution is 2.23. The Morgan fingerprint density at radius 1 is 1.54 bits per heavy atom. The SMILES string of the molecule is C=C(C)C(Cl)CC(Br)C(C)=CCCl. The van der Waals surface area contributed by atoms with Gasteiger partial charge in [-0.3, -0.25) is 0 Å². The van der Waals surface area contributed by atoms with Crippen LogP contribution >= 0.6 is 39.1 Å². The minimum atomic E-state index is 0.0306. The molecule has 0 fully saturated rings. The average molecular weight is 286 g/mol. The Hall–Kier alpha value is 0.540. The van der Waals surface area contributed by atoms with E-state index in [1.54, 1.807) is 0 Å². The summed E-state index contributed by atoms with van der Waals surface area (Å²) in [5.74, 6) is 0.550. The van der Waals surface area contributed by atoms with Gasteiger partial charge in [0.1, 0.15) is 0 Å². The molecule has 0 nitrogen and oxygen atoms in total. The van der Waals surface area contributed by atoms with Gasteiger partial charge in [-0.25, -0.2) is 0 Å². The van der Waals surface area contributed by atoms with Crippen LogP contribution in [0.5, 0.6) is 0 Å². The zero-order valence-electron chi connectivity index (χ0n) is 7.99. The number of allylic oxidation sites excluding steroid dienone is 3. The second-order valence-electron chi connectivity index (χ2n) is 3.12. The van der Waals surface area contributed by atoms with Crippen molar-refractivity contribution in [1.82, 2.24) is 0 Å². The molecule has 2 unspecified atom stereocenters. The fraction of sp³-hybridized carbons (Fsp3) is 0.600. The summed E-state index contributed by atoms with van der Waals surface area (Å²) in [6.07, 6.45) is 2.85. The van der Waals surface area contributed by atoms with E-state index in [1.807, 2.05) is 19.9 Å². The van der Waals surface area contributed by atoms with Crippen LogP contribution in [0.1, 0.15) is 20.3 Å². The highest BCUT2D eigenvalue weighted by atomic mass is 79.9. The molecule has 2 atom stereocenters. The molecule has 76 valence electrons. The zero-order chi connectivity index (χ0) is 10.4. The first-order valence-corrected chi connectivity index (χ1v) is 6.03. The molecule has 0 saturated heterocycles. The molecule has 0 aliphatic carbocycles. The summed E-state index contributed by atoms with van der Waals surface area (Å²) < 4.78 is 0. The first-order valence-electron chi connectivity index (χ1n) is 4.15. The normalized spacial score (nSPS) is 16.8. The third-order valence-corrected chi connectivity index (χ3v) is 3.64. The average Bonchev–Trinajstić information content (AvgIpc) is 2.04. The number of hydrogen-bond acceptors (Lipinski definition) is 0. The lowest BCUT2D eigenvalue weighted by Gasteiger charge is -2.14. The molecular formula is C10H15BrCl2. The summed E-state index contributed by atoms with van der Waals surface area (Å²) in [5, 5.41) is 0.0306. The van der Waals surface area contributed by atoms with Crippen LogP contribution in [-0.2, 0) is 0 Å². The Kier molecular flexibility index (Phi) is 7.20. The van der Waals surface area contributed by atoms with Crippen LogP contribution in [0, 0.1) is 0 Å². The summed E-state index contributed by atoms with van der Waals surface area (Å²) in [6.45, 7) is 7.80. The molecule has 0 aliphatic heterocycles. The largest absolute Gasteiger partial charge is 0.122 e. The number of rotatable bonds is 5. The third kappa shape index (κ3) is 5.77. The van der Waals surface area contributed by atoms with Gasteiger partial charge in [0.05, 0.1) is 5.38 Å². The molecule has 0 aromatic carbocycles. The Bertz CT molecular complexity index is 199. The van der Waals surface area contributed by atoms with E-state index in [4.69, 9.17) is 23.2 Å². The molecule has 0 aromatic heterocycles. The fourth-order valence-electron chi connectivity index (χ4n) is 0.818. The van der Waals surface area contributed by atoms with Crippen LogP contribution in [0.25, 0.3) is 0 Å².